The fourth-order valence-electron chi connectivity index (χ4n) is 3.34. The summed E-state index contributed by atoms with van der Waals surface area (Å²) in [6.45, 7) is 20.8. The monoisotopic (exact) mass is 414 g/mol. The maximum Gasteiger partial charge on any atom is 0.0604 e. The molecular weight excluding hydrogens is 376 g/mol. The fourth-order valence-corrected chi connectivity index (χ4v) is 3.34. The molecule has 1 rings (SSSR count). The van der Waals surface area contributed by atoms with Gasteiger partial charge < -0.3 is 5.32 Å². The average Bonchev–Trinajstić information content (AvgIpc) is 3.30. The van der Waals surface area contributed by atoms with Gasteiger partial charge in [0.2, 0.25) is 0 Å². The molecule has 1 fully saturated rings. The summed E-state index contributed by atoms with van der Waals surface area (Å²) >= 11 is 0. The van der Waals surface area contributed by atoms with Crippen molar-refractivity contribution in [3.05, 3.63) is 96.1 Å². The normalized spacial score (nSPS) is 16.7. The minimum absolute atomic E-state index is 0.567. The van der Waals surface area contributed by atoms with Crippen LogP contribution in [0.5, 0.6) is 0 Å². The molecule has 0 heterocycles. The molecule has 2 heteroatoms. The summed E-state index contributed by atoms with van der Waals surface area (Å²) in [5.41, 5.74) is 6.91. The largest absolute Gasteiger partial charge is 0.355 e. The molecule has 1 N–H and O–H groups in total. The topological polar surface area (TPSA) is 24.4 Å². The predicted octanol–water partition coefficient (Wildman–Crippen LogP) is 7.74. The van der Waals surface area contributed by atoms with Crippen molar-refractivity contribution in [3.63, 3.8) is 0 Å². The van der Waals surface area contributed by atoms with E-state index in [2.05, 4.69) is 57.0 Å². The molecule has 0 unspecified atom stereocenters. The Morgan fingerprint density at radius 3 is 2.39 bits per heavy atom. The Kier molecular flexibility index (Phi) is 11.8. The highest BCUT2D eigenvalue weighted by Gasteiger charge is 2.20. The smallest absolute Gasteiger partial charge is 0.0604 e. The lowest BCUT2D eigenvalue weighted by atomic mass is 9.91. The predicted molar refractivity (Wildman–Crippen MR) is 139 cm³/mol. The molecule has 0 aliphatic heterocycles. The van der Waals surface area contributed by atoms with Crippen LogP contribution in [0.25, 0.3) is 0 Å². The van der Waals surface area contributed by atoms with Gasteiger partial charge >= 0.3 is 0 Å². The molecule has 0 bridgehead atoms. The minimum atomic E-state index is 0.567. The summed E-state index contributed by atoms with van der Waals surface area (Å²) in [4.78, 5) is 4.93. The van der Waals surface area contributed by atoms with Crippen molar-refractivity contribution in [2.75, 3.05) is 0 Å². The van der Waals surface area contributed by atoms with Gasteiger partial charge in [0.05, 0.1) is 11.4 Å². The SMILES string of the molecule is C#C/C=C\C=C/CC(/N=C(\C)C(=C)NC(=C)/C=C\C(C)=C/C)=C(\C)C(=C)C1CCCC1. The molecule has 0 aromatic heterocycles. The van der Waals surface area contributed by atoms with Gasteiger partial charge in [0.1, 0.15) is 0 Å². The summed E-state index contributed by atoms with van der Waals surface area (Å²) < 4.78 is 0. The molecule has 31 heavy (non-hydrogen) atoms. The Bertz CT molecular complexity index is 886. The van der Waals surface area contributed by atoms with E-state index in [-0.39, 0.29) is 0 Å². The van der Waals surface area contributed by atoms with Crippen LogP contribution in [0.15, 0.2) is 101 Å². The Labute approximate surface area is 190 Å². The van der Waals surface area contributed by atoms with Crippen molar-refractivity contribution in [1.29, 1.82) is 0 Å². The molecule has 164 valence electrons. The molecule has 1 aliphatic carbocycles. The maximum absolute atomic E-state index is 5.27. The zero-order chi connectivity index (χ0) is 23.2. The van der Waals surface area contributed by atoms with Gasteiger partial charge in [-0.15, -0.1) is 6.42 Å². The van der Waals surface area contributed by atoms with Gasteiger partial charge in [-0.25, -0.2) is 0 Å². The van der Waals surface area contributed by atoms with Crippen LogP contribution in [0.1, 0.15) is 59.8 Å². The summed E-state index contributed by atoms with van der Waals surface area (Å²) in [6, 6.07) is 0. The number of rotatable bonds is 11. The van der Waals surface area contributed by atoms with Crippen molar-refractivity contribution in [2.45, 2.75) is 59.8 Å². The zero-order valence-electron chi connectivity index (χ0n) is 19.8. The summed E-state index contributed by atoms with van der Waals surface area (Å²) in [5, 5.41) is 3.24. The second-order valence-corrected chi connectivity index (χ2v) is 7.93. The lowest BCUT2D eigenvalue weighted by Crippen LogP contribution is -2.16. The molecule has 0 radical (unpaired) electrons. The lowest BCUT2D eigenvalue weighted by Gasteiger charge is -2.17. The van der Waals surface area contributed by atoms with Crippen molar-refractivity contribution in [1.82, 2.24) is 5.32 Å². The summed E-state index contributed by atoms with van der Waals surface area (Å²) in [6.07, 6.45) is 24.6. The van der Waals surface area contributed by atoms with Crippen molar-refractivity contribution in [2.24, 2.45) is 10.9 Å². The first-order valence-electron chi connectivity index (χ1n) is 11.0. The van der Waals surface area contributed by atoms with Crippen LogP contribution < -0.4 is 5.32 Å². The summed E-state index contributed by atoms with van der Waals surface area (Å²) in [5.74, 6) is 3.06. The lowest BCUT2D eigenvalue weighted by molar-refractivity contribution is 0.649. The van der Waals surface area contributed by atoms with E-state index >= 15 is 0 Å². The zero-order valence-corrected chi connectivity index (χ0v) is 19.8. The molecule has 0 aromatic rings. The van der Waals surface area contributed by atoms with Crippen LogP contribution in [-0.2, 0) is 0 Å². The molecule has 2 nitrogen and oxygen atoms in total. The fraction of sp³-hybridized carbons (Fsp3) is 0.345. The minimum Gasteiger partial charge on any atom is -0.355 e. The molecule has 1 aliphatic rings. The van der Waals surface area contributed by atoms with Crippen molar-refractivity contribution >= 4 is 5.71 Å². The van der Waals surface area contributed by atoms with E-state index in [1.165, 1.54) is 42.4 Å². The highest BCUT2D eigenvalue weighted by atomic mass is 14.9. The van der Waals surface area contributed by atoms with Gasteiger partial charge in [-0.2, -0.15) is 0 Å². The number of aliphatic imine (C=N–C) groups is 1. The second-order valence-electron chi connectivity index (χ2n) is 7.93. The van der Waals surface area contributed by atoms with Gasteiger partial charge in [0, 0.05) is 17.8 Å². The molecule has 0 amide bonds. The third-order valence-electron chi connectivity index (χ3n) is 5.57. The van der Waals surface area contributed by atoms with E-state index in [1.807, 2.05) is 38.2 Å². The van der Waals surface area contributed by atoms with Crippen LogP contribution in [0, 0.1) is 18.3 Å². The Morgan fingerprint density at radius 1 is 1.10 bits per heavy atom. The number of hydrogen-bond donors (Lipinski definition) is 1. The Morgan fingerprint density at radius 2 is 1.77 bits per heavy atom. The average molecular weight is 415 g/mol. The van der Waals surface area contributed by atoms with Gasteiger partial charge in [0.15, 0.2) is 0 Å². The molecule has 1 saturated carbocycles. The third-order valence-corrected chi connectivity index (χ3v) is 5.57. The number of nitrogens with one attached hydrogen (secondary N) is 1. The van der Waals surface area contributed by atoms with E-state index in [0.717, 1.165) is 22.8 Å². The van der Waals surface area contributed by atoms with Gasteiger partial charge in [-0.05, 0) is 69.8 Å². The van der Waals surface area contributed by atoms with Gasteiger partial charge in [0.25, 0.3) is 0 Å². The van der Waals surface area contributed by atoms with E-state index in [1.54, 1.807) is 6.08 Å². The van der Waals surface area contributed by atoms with E-state index in [4.69, 9.17) is 11.4 Å². The van der Waals surface area contributed by atoms with E-state index < -0.39 is 0 Å². The Hall–Kier alpha value is -3.05. The molecule has 0 aromatic carbocycles. The van der Waals surface area contributed by atoms with Crippen LogP contribution in [0.4, 0.5) is 0 Å². The standard InChI is InChI=1S/C29H38N2/c1-9-11-12-13-14-19-29(25(6)24(5)28-17-15-16-18-28)31-27(8)26(7)30-23(4)21-20-22(3)10-2/h1,10-14,20-21,28,30H,4-5,7,15-19H2,2-3,6,8H3/b12-11-,14-13-,21-20-,22-10-,29-25-,31-27+. The second kappa shape index (κ2) is 14.0. The molecule has 0 spiro atoms. The van der Waals surface area contributed by atoms with Crippen LogP contribution >= 0.6 is 0 Å². The van der Waals surface area contributed by atoms with Crippen molar-refractivity contribution < 1.29 is 0 Å². The van der Waals surface area contributed by atoms with Gasteiger partial charge in [-0.3, -0.25) is 4.99 Å². The number of terminal acetylenes is 1. The number of hydrogen-bond acceptors (Lipinski definition) is 2. The van der Waals surface area contributed by atoms with E-state index in [0.29, 0.717) is 12.3 Å². The number of nitrogens with zero attached hydrogens (tertiary/aromatic N) is 1. The Balaban J connectivity index is 3.06. The molecule has 0 saturated heterocycles. The first kappa shape index (κ1) is 26.0. The van der Waals surface area contributed by atoms with Crippen LogP contribution in [0.2, 0.25) is 0 Å². The molecular formula is C29H38N2. The highest BCUT2D eigenvalue weighted by molar-refractivity contribution is 5.98. The summed E-state index contributed by atoms with van der Waals surface area (Å²) in [7, 11) is 0. The van der Waals surface area contributed by atoms with E-state index in [9.17, 15) is 0 Å². The van der Waals surface area contributed by atoms with Gasteiger partial charge in [-0.1, -0.05) is 74.5 Å². The van der Waals surface area contributed by atoms with Crippen LogP contribution in [-0.4, -0.2) is 5.71 Å². The third kappa shape index (κ3) is 9.53. The molecule has 0 atom stereocenters. The maximum atomic E-state index is 5.27. The first-order chi connectivity index (χ1) is 14.8. The number of allylic oxidation sites excluding steroid dienone is 11. The van der Waals surface area contributed by atoms with Crippen LogP contribution in [0.3, 0.4) is 0 Å². The highest BCUT2D eigenvalue weighted by Crippen LogP contribution is 2.35. The first-order valence-corrected chi connectivity index (χ1v) is 11.0. The quantitative estimate of drug-likeness (QED) is 0.209. The van der Waals surface area contributed by atoms with Crippen molar-refractivity contribution in [3.8, 4) is 12.3 Å².